The van der Waals surface area contributed by atoms with Crippen molar-refractivity contribution in [1.82, 2.24) is 4.98 Å². The van der Waals surface area contributed by atoms with Crippen LogP contribution in [0.2, 0.25) is 10.2 Å². The molecule has 1 aromatic heterocycles. The first-order valence-electron chi connectivity index (χ1n) is 2.28. The molecule has 0 radical (unpaired) electrons. The summed E-state index contributed by atoms with van der Waals surface area (Å²) in [5.74, 6) is 0. The van der Waals surface area contributed by atoms with E-state index in [1.54, 1.807) is 6.20 Å². The van der Waals surface area contributed by atoms with E-state index in [1.807, 2.05) is 0 Å². The largest absolute Gasteiger partial charge is 0.242 e. The predicted molar refractivity (Wildman–Crippen MR) is 59.7 cm³/mol. The maximum atomic E-state index is 5.84. The highest BCUT2D eigenvalue weighted by atomic mass is 127. The number of nitrogens with zero attached hydrogens (tertiary/aromatic N) is 1. The molecule has 54 valence electrons. The minimum Gasteiger partial charge on any atom is -0.242 e. The van der Waals surface area contributed by atoms with Gasteiger partial charge in [-0.25, -0.2) is 4.98 Å². The van der Waals surface area contributed by atoms with Crippen molar-refractivity contribution >= 4 is 68.4 Å². The summed E-state index contributed by atoms with van der Waals surface area (Å²) >= 11 is 15.7. The summed E-state index contributed by atoms with van der Waals surface area (Å²) in [5.41, 5.74) is 0. The van der Waals surface area contributed by atoms with E-state index >= 15 is 0 Å². The van der Waals surface area contributed by atoms with Gasteiger partial charge in [-0.2, -0.15) is 0 Å². The summed E-state index contributed by atoms with van der Waals surface area (Å²) in [5, 5.41) is 1.15. The molecule has 0 aromatic carbocycles. The fraction of sp³-hybridized carbons (Fsp3) is 0. The molecule has 0 saturated heterocycles. The van der Waals surface area contributed by atoms with E-state index in [1.165, 1.54) is 0 Å². The molecule has 0 aliphatic heterocycles. The molecule has 1 nitrogen and oxygen atoms in total. The van der Waals surface area contributed by atoms with Crippen LogP contribution < -0.4 is 0 Å². The topological polar surface area (TPSA) is 12.9 Å². The number of hydrogen-bond donors (Lipinski definition) is 0. The Bertz CT molecular complexity index is 237. The van der Waals surface area contributed by atoms with Gasteiger partial charge in [-0.05, 0) is 45.2 Å². The van der Waals surface area contributed by atoms with Crippen LogP contribution in [0.25, 0.3) is 0 Å². The van der Waals surface area contributed by atoms with E-state index in [2.05, 4.69) is 50.2 Å². The third-order valence-electron chi connectivity index (χ3n) is 0.875. The van der Waals surface area contributed by atoms with Crippen molar-refractivity contribution in [3.63, 3.8) is 0 Å². The average Bonchev–Trinajstić information content (AvgIpc) is 1.93. The van der Waals surface area contributed by atoms with E-state index in [-0.39, 0.29) is 0 Å². The summed E-state index contributed by atoms with van der Waals surface area (Å²) in [7, 11) is 0. The molecule has 1 heterocycles. The molecular weight excluding hydrogens is 399 g/mol. The molecule has 0 fully saturated rings. The van der Waals surface area contributed by atoms with Gasteiger partial charge in [0.1, 0.15) is 5.15 Å². The van der Waals surface area contributed by atoms with Crippen LogP contribution in [0, 0.1) is 7.14 Å². The summed E-state index contributed by atoms with van der Waals surface area (Å²) in [6, 6.07) is 0. The highest BCUT2D eigenvalue weighted by molar-refractivity contribution is 14.1. The maximum absolute atomic E-state index is 5.84. The molecule has 0 unspecified atom stereocenters. The van der Waals surface area contributed by atoms with Gasteiger partial charge in [-0.15, -0.1) is 0 Å². The first-order valence-corrected chi connectivity index (χ1v) is 5.19. The Morgan fingerprint density at radius 3 is 2.40 bits per heavy atom. The first kappa shape index (κ1) is 9.28. The van der Waals surface area contributed by atoms with Crippen LogP contribution in [0.3, 0.4) is 0 Å². The Labute approximate surface area is 95.8 Å². The number of halogens is 4. The Balaban J connectivity index is 3.34. The molecule has 0 N–H and O–H groups in total. The number of rotatable bonds is 0. The van der Waals surface area contributed by atoms with Crippen molar-refractivity contribution < 1.29 is 0 Å². The van der Waals surface area contributed by atoms with Gasteiger partial charge in [0.05, 0.1) is 12.2 Å². The molecule has 0 bridgehead atoms. The van der Waals surface area contributed by atoms with Gasteiger partial charge in [0.25, 0.3) is 0 Å². The van der Waals surface area contributed by atoms with E-state index in [0.29, 0.717) is 10.2 Å². The lowest BCUT2D eigenvalue weighted by Crippen LogP contribution is -1.85. The Morgan fingerprint density at radius 1 is 1.30 bits per heavy atom. The summed E-state index contributed by atoms with van der Waals surface area (Å²) < 4.78 is 1.74. The molecule has 0 aliphatic rings. The smallest absolute Gasteiger partial charge is 0.143 e. The highest BCUT2D eigenvalue weighted by Crippen LogP contribution is 2.27. The van der Waals surface area contributed by atoms with Crippen LogP contribution >= 0.6 is 68.4 Å². The summed E-state index contributed by atoms with van der Waals surface area (Å²) in [6.07, 6.45) is 1.65. The van der Waals surface area contributed by atoms with Crippen molar-refractivity contribution in [3.8, 4) is 0 Å². The molecule has 5 heteroatoms. The van der Waals surface area contributed by atoms with Crippen LogP contribution in [-0.2, 0) is 0 Å². The van der Waals surface area contributed by atoms with Crippen LogP contribution in [0.15, 0.2) is 6.20 Å². The molecule has 0 amide bonds. The SMILES string of the molecule is Clc1ncc(I)c(Cl)c1I. The van der Waals surface area contributed by atoms with E-state index in [9.17, 15) is 0 Å². The lowest BCUT2D eigenvalue weighted by atomic mass is 10.5. The molecule has 0 spiro atoms. The van der Waals surface area contributed by atoms with Crippen LogP contribution in [0.5, 0.6) is 0 Å². The second kappa shape index (κ2) is 3.73. The fourth-order valence-corrected chi connectivity index (χ4v) is 2.11. The van der Waals surface area contributed by atoms with E-state index in [0.717, 1.165) is 7.14 Å². The van der Waals surface area contributed by atoms with Crippen molar-refractivity contribution in [2.24, 2.45) is 0 Å². The van der Waals surface area contributed by atoms with Crippen molar-refractivity contribution in [1.29, 1.82) is 0 Å². The quantitative estimate of drug-likeness (QED) is 0.480. The molecular formula is C5HCl2I2N. The van der Waals surface area contributed by atoms with Gasteiger partial charge in [0.2, 0.25) is 0 Å². The zero-order valence-corrected chi connectivity index (χ0v) is 10.4. The molecule has 1 rings (SSSR count). The summed E-state index contributed by atoms with van der Waals surface area (Å²) in [4.78, 5) is 3.91. The fourth-order valence-electron chi connectivity index (χ4n) is 0.422. The number of aromatic nitrogens is 1. The first-order chi connectivity index (χ1) is 4.63. The highest BCUT2D eigenvalue weighted by Gasteiger charge is 2.05. The lowest BCUT2D eigenvalue weighted by Gasteiger charge is -1.98. The predicted octanol–water partition coefficient (Wildman–Crippen LogP) is 3.60. The molecule has 0 atom stereocenters. The van der Waals surface area contributed by atoms with Crippen LogP contribution in [-0.4, -0.2) is 4.98 Å². The van der Waals surface area contributed by atoms with Gasteiger partial charge in [0.15, 0.2) is 0 Å². The number of hydrogen-bond acceptors (Lipinski definition) is 1. The van der Waals surface area contributed by atoms with Crippen LogP contribution in [0.4, 0.5) is 0 Å². The van der Waals surface area contributed by atoms with E-state index in [4.69, 9.17) is 23.2 Å². The van der Waals surface area contributed by atoms with Gasteiger partial charge in [0, 0.05) is 6.20 Å². The number of pyridine rings is 1. The Kier molecular flexibility index (Phi) is 3.46. The van der Waals surface area contributed by atoms with E-state index < -0.39 is 0 Å². The standard InChI is InChI=1S/C5HCl2I2N/c6-3-2(8)1-10-5(7)4(3)9/h1H. The van der Waals surface area contributed by atoms with Gasteiger partial charge in [-0.3, -0.25) is 0 Å². The van der Waals surface area contributed by atoms with Gasteiger partial charge in [-0.1, -0.05) is 23.2 Å². The average molecular weight is 400 g/mol. The molecule has 1 aromatic rings. The molecule has 0 aliphatic carbocycles. The Morgan fingerprint density at radius 2 is 1.90 bits per heavy atom. The van der Waals surface area contributed by atoms with Crippen molar-refractivity contribution in [2.45, 2.75) is 0 Å². The molecule has 0 saturated carbocycles. The normalized spacial score (nSPS) is 10.0. The maximum Gasteiger partial charge on any atom is 0.143 e. The van der Waals surface area contributed by atoms with Crippen molar-refractivity contribution in [2.75, 3.05) is 0 Å². The third-order valence-corrected chi connectivity index (χ3v) is 4.38. The monoisotopic (exact) mass is 399 g/mol. The minimum absolute atomic E-state index is 0.464. The lowest BCUT2D eigenvalue weighted by molar-refractivity contribution is 1.29. The summed E-state index contributed by atoms with van der Waals surface area (Å²) in [6.45, 7) is 0. The zero-order chi connectivity index (χ0) is 7.72. The second-order valence-corrected chi connectivity index (χ2v) is 4.50. The van der Waals surface area contributed by atoms with Gasteiger partial charge >= 0.3 is 0 Å². The van der Waals surface area contributed by atoms with Gasteiger partial charge < -0.3 is 0 Å². The third kappa shape index (κ3) is 1.86. The Hall–Kier alpha value is 1.19. The molecule has 10 heavy (non-hydrogen) atoms. The second-order valence-electron chi connectivity index (χ2n) is 1.52. The van der Waals surface area contributed by atoms with Crippen LogP contribution in [0.1, 0.15) is 0 Å². The van der Waals surface area contributed by atoms with Crippen molar-refractivity contribution in [3.05, 3.63) is 23.5 Å². The minimum atomic E-state index is 0.464. The zero-order valence-electron chi connectivity index (χ0n) is 4.54.